The van der Waals surface area contributed by atoms with E-state index >= 15 is 0 Å². The summed E-state index contributed by atoms with van der Waals surface area (Å²) in [6, 6.07) is 14.5. The molecule has 0 aliphatic carbocycles. The molecule has 1 heterocycles. The van der Waals surface area contributed by atoms with Crippen molar-refractivity contribution in [2.24, 2.45) is 0 Å². The predicted octanol–water partition coefficient (Wildman–Crippen LogP) is 3.85. The van der Waals surface area contributed by atoms with Gasteiger partial charge in [0.1, 0.15) is 5.69 Å². The smallest absolute Gasteiger partial charge is 0.275 e. The number of hydrogen-bond donors (Lipinski definition) is 2. The van der Waals surface area contributed by atoms with Crippen LogP contribution in [0.15, 0.2) is 60.9 Å². The average molecular weight is 360 g/mol. The number of hydrogen-bond acceptors (Lipinski definition) is 4. The molecule has 2 aromatic carbocycles. The number of benzene rings is 2. The van der Waals surface area contributed by atoms with Gasteiger partial charge in [-0.05, 0) is 43.2 Å². The number of aryl methyl sites for hydroxylation is 2. The Balaban J connectivity index is 1.77. The second kappa shape index (κ2) is 8.23. The van der Waals surface area contributed by atoms with Crippen LogP contribution in [0.5, 0.6) is 0 Å². The van der Waals surface area contributed by atoms with Crippen LogP contribution < -0.4 is 10.6 Å². The molecule has 27 heavy (non-hydrogen) atoms. The quantitative estimate of drug-likeness (QED) is 0.724. The molecule has 0 radical (unpaired) electrons. The van der Waals surface area contributed by atoms with Crippen molar-refractivity contribution >= 4 is 23.2 Å². The maximum absolute atomic E-state index is 12.7. The number of aromatic nitrogens is 2. The number of amides is 2. The lowest BCUT2D eigenvalue weighted by Gasteiger charge is -2.11. The monoisotopic (exact) mass is 360 g/mol. The minimum Gasteiger partial charge on any atom is -0.322 e. The zero-order valence-corrected chi connectivity index (χ0v) is 15.2. The zero-order chi connectivity index (χ0) is 19.2. The van der Waals surface area contributed by atoms with Crippen LogP contribution in [0.2, 0.25) is 0 Å². The Hall–Kier alpha value is -3.54. The van der Waals surface area contributed by atoms with E-state index in [1.54, 1.807) is 31.2 Å². The molecular weight excluding hydrogens is 340 g/mol. The van der Waals surface area contributed by atoms with Crippen LogP contribution in [0.4, 0.5) is 11.4 Å². The van der Waals surface area contributed by atoms with Crippen molar-refractivity contribution in [3.05, 3.63) is 83.4 Å². The number of anilines is 2. The van der Waals surface area contributed by atoms with Crippen LogP contribution in [0.1, 0.15) is 39.0 Å². The summed E-state index contributed by atoms with van der Waals surface area (Å²) < 4.78 is 0. The molecule has 3 rings (SSSR count). The summed E-state index contributed by atoms with van der Waals surface area (Å²) in [7, 11) is 0. The van der Waals surface area contributed by atoms with E-state index < -0.39 is 5.91 Å². The Bertz CT molecular complexity index is 951. The molecule has 2 N–H and O–H groups in total. The van der Waals surface area contributed by atoms with Crippen LogP contribution in [0.3, 0.4) is 0 Å². The molecule has 3 aromatic rings. The maximum Gasteiger partial charge on any atom is 0.275 e. The molecule has 2 amide bonds. The number of carbonyl (C=O) groups excluding carboxylic acids is 2. The highest BCUT2D eigenvalue weighted by atomic mass is 16.2. The fourth-order valence-electron chi connectivity index (χ4n) is 2.51. The molecule has 0 unspecified atom stereocenters. The van der Waals surface area contributed by atoms with Gasteiger partial charge in [-0.25, -0.2) is 4.98 Å². The summed E-state index contributed by atoms with van der Waals surface area (Å²) in [6.07, 6.45) is 3.86. The molecule has 0 saturated carbocycles. The SMILES string of the molecule is CCc1ccc(NC(=O)c2ccccc2NC(=O)c2cnc(C)cn2)cc1. The maximum atomic E-state index is 12.7. The van der Waals surface area contributed by atoms with E-state index in [9.17, 15) is 9.59 Å². The van der Waals surface area contributed by atoms with E-state index in [-0.39, 0.29) is 11.6 Å². The summed E-state index contributed by atoms with van der Waals surface area (Å²) in [5, 5.41) is 5.58. The van der Waals surface area contributed by atoms with Gasteiger partial charge in [0.05, 0.1) is 23.1 Å². The van der Waals surface area contributed by atoms with Crippen molar-refractivity contribution in [2.45, 2.75) is 20.3 Å². The fourth-order valence-corrected chi connectivity index (χ4v) is 2.51. The lowest BCUT2D eigenvalue weighted by molar-refractivity contribution is 0.102. The van der Waals surface area contributed by atoms with Crippen LogP contribution >= 0.6 is 0 Å². The number of carbonyl (C=O) groups is 2. The lowest BCUT2D eigenvalue weighted by atomic mass is 10.1. The average Bonchev–Trinajstić information content (AvgIpc) is 2.69. The summed E-state index contributed by atoms with van der Waals surface area (Å²) in [6.45, 7) is 3.87. The molecule has 0 saturated heterocycles. The van der Waals surface area contributed by atoms with Gasteiger partial charge in [0.2, 0.25) is 0 Å². The van der Waals surface area contributed by atoms with Crippen molar-refractivity contribution < 1.29 is 9.59 Å². The van der Waals surface area contributed by atoms with Crippen molar-refractivity contribution in [1.29, 1.82) is 0 Å². The second-order valence-electron chi connectivity index (χ2n) is 6.05. The number of para-hydroxylation sites is 1. The Labute approximate surface area is 157 Å². The molecule has 0 fully saturated rings. The molecular formula is C21H20N4O2. The van der Waals surface area contributed by atoms with Crippen molar-refractivity contribution in [3.63, 3.8) is 0 Å². The molecule has 1 aromatic heterocycles. The summed E-state index contributed by atoms with van der Waals surface area (Å²) in [5.41, 5.74) is 3.58. The number of nitrogens with zero attached hydrogens (tertiary/aromatic N) is 2. The van der Waals surface area contributed by atoms with Crippen LogP contribution in [0.25, 0.3) is 0 Å². The summed E-state index contributed by atoms with van der Waals surface area (Å²) in [4.78, 5) is 33.2. The topological polar surface area (TPSA) is 84.0 Å². The standard InChI is InChI=1S/C21H20N4O2/c1-3-15-8-10-16(11-9-15)24-20(26)17-6-4-5-7-18(17)25-21(27)19-13-22-14(2)12-23-19/h4-13H,3H2,1-2H3,(H,24,26)(H,25,27). The largest absolute Gasteiger partial charge is 0.322 e. The van der Waals surface area contributed by atoms with E-state index in [2.05, 4.69) is 27.5 Å². The van der Waals surface area contributed by atoms with Gasteiger partial charge in [0, 0.05) is 11.9 Å². The molecule has 0 atom stereocenters. The molecule has 0 aliphatic heterocycles. The Morgan fingerprint density at radius 2 is 1.63 bits per heavy atom. The first-order valence-electron chi connectivity index (χ1n) is 8.66. The van der Waals surface area contributed by atoms with E-state index in [4.69, 9.17) is 0 Å². The van der Waals surface area contributed by atoms with Crippen LogP contribution in [-0.4, -0.2) is 21.8 Å². The van der Waals surface area contributed by atoms with Gasteiger partial charge in [0.15, 0.2) is 0 Å². The highest BCUT2D eigenvalue weighted by Crippen LogP contribution is 2.18. The Kier molecular flexibility index (Phi) is 5.56. The highest BCUT2D eigenvalue weighted by Gasteiger charge is 2.15. The van der Waals surface area contributed by atoms with Gasteiger partial charge >= 0.3 is 0 Å². The second-order valence-corrected chi connectivity index (χ2v) is 6.05. The first kappa shape index (κ1) is 18.3. The minimum absolute atomic E-state index is 0.186. The molecule has 0 spiro atoms. The first-order chi connectivity index (χ1) is 13.1. The van der Waals surface area contributed by atoms with Gasteiger partial charge in [0.25, 0.3) is 11.8 Å². The predicted molar refractivity (Wildman–Crippen MR) is 105 cm³/mol. The summed E-state index contributed by atoms with van der Waals surface area (Å²) >= 11 is 0. The molecule has 136 valence electrons. The third-order valence-corrected chi connectivity index (χ3v) is 4.05. The fraction of sp³-hybridized carbons (Fsp3) is 0.143. The first-order valence-corrected chi connectivity index (χ1v) is 8.66. The van der Waals surface area contributed by atoms with E-state index in [0.29, 0.717) is 16.9 Å². The molecule has 0 aliphatic rings. The van der Waals surface area contributed by atoms with Crippen molar-refractivity contribution in [3.8, 4) is 0 Å². The van der Waals surface area contributed by atoms with E-state index in [1.807, 2.05) is 24.3 Å². The zero-order valence-electron chi connectivity index (χ0n) is 15.2. The molecule has 6 nitrogen and oxygen atoms in total. The van der Waals surface area contributed by atoms with Crippen molar-refractivity contribution in [2.75, 3.05) is 10.6 Å². The summed E-state index contributed by atoms with van der Waals surface area (Å²) in [5.74, 6) is -0.722. The highest BCUT2D eigenvalue weighted by molar-refractivity contribution is 6.12. The Morgan fingerprint density at radius 1 is 0.889 bits per heavy atom. The molecule has 0 bridgehead atoms. The minimum atomic E-state index is -0.421. The molecule has 6 heteroatoms. The van der Waals surface area contributed by atoms with Crippen LogP contribution in [-0.2, 0) is 6.42 Å². The van der Waals surface area contributed by atoms with Crippen molar-refractivity contribution in [1.82, 2.24) is 9.97 Å². The Morgan fingerprint density at radius 3 is 2.30 bits per heavy atom. The number of nitrogens with one attached hydrogen (secondary N) is 2. The van der Waals surface area contributed by atoms with Crippen LogP contribution in [0, 0.1) is 6.92 Å². The number of rotatable bonds is 5. The normalized spacial score (nSPS) is 10.3. The van der Waals surface area contributed by atoms with E-state index in [0.717, 1.165) is 12.1 Å². The van der Waals surface area contributed by atoms with Gasteiger partial charge in [-0.15, -0.1) is 0 Å². The third kappa shape index (κ3) is 4.55. The van der Waals surface area contributed by atoms with Gasteiger partial charge in [-0.2, -0.15) is 0 Å². The van der Waals surface area contributed by atoms with Gasteiger partial charge in [-0.3, -0.25) is 14.6 Å². The van der Waals surface area contributed by atoms with E-state index in [1.165, 1.54) is 18.0 Å². The lowest BCUT2D eigenvalue weighted by Crippen LogP contribution is -2.19. The van der Waals surface area contributed by atoms with Gasteiger partial charge < -0.3 is 10.6 Å². The third-order valence-electron chi connectivity index (χ3n) is 4.05. The van der Waals surface area contributed by atoms with Gasteiger partial charge in [-0.1, -0.05) is 31.2 Å².